The molecule has 0 fully saturated rings. The topological polar surface area (TPSA) is 94.2 Å². The quantitative estimate of drug-likeness (QED) is 0.360. The Morgan fingerprint density at radius 1 is 0.919 bits per heavy atom. The predicted octanol–water partition coefficient (Wildman–Crippen LogP) is 4.48. The number of hydrogen-bond donors (Lipinski definition) is 1. The minimum absolute atomic E-state index is 0.0212. The van der Waals surface area contributed by atoms with Gasteiger partial charge >= 0.3 is 0 Å². The number of sulfonamides is 1. The normalized spacial score (nSPS) is 12.2. The van der Waals surface area contributed by atoms with Crippen LogP contribution in [0.25, 0.3) is 0 Å². The van der Waals surface area contributed by atoms with Gasteiger partial charge < -0.3 is 19.5 Å². The highest BCUT2D eigenvalue weighted by molar-refractivity contribution is 7.89. The highest BCUT2D eigenvalue weighted by atomic mass is 35.5. The summed E-state index contributed by atoms with van der Waals surface area (Å²) in [6, 6.07) is 18.6. The Kier molecular flexibility index (Phi) is 9.79. The van der Waals surface area contributed by atoms with Crippen molar-refractivity contribution in [2.24, 2.45) is 0 Å². The molecular weight excluding hydrogens is 516 g/mol. The molecule has 0 aliphatic rings. The van der Waals surface area contributed by atoms with Crippen molar-refractivity contribution in [3.8, 4) is 17.2 Å². The summed E-state index contributed by atoms with van der Waals surface area (Å²) in [5, 5.41) is 3.04. The van der Waals surface area contributed by atoms with Gasteiger partial charge in [0.05, 0.1) is 43.8 Å². The number of ether oxygens (including phenoxy) is 3. The van der Waals surface area contributed by atoms with Gasteiger partial charge in [-0.25, -0.2) is 8.42 Å². The Bertz CT molecular complexity index is 1320. The monoisotopic (exact) mass is 546 g/mol. The van der Waals surface area contributed by atoms with Crippen LogP contribution in [-0.4, -0.2) is 53.0 Å². The van der Waals surface area contributed by atoms with Gasteiger partial charge in [-0.3, -0.25) is 4.79 Å². The van der Waals surface area contributed by atoms with E-state index >= 15 is 0 Å². The van der Waals surface area contributed by atoms with Crippen LogP contribution in [0.15, 0.2) is 71.6 Å². The van der Waals surface area contributed by atoms with E-state index in [1.807, 2.05) is 43.3 Å². The Morgan fingerprint density at radius 2 is 1.57 bits per heavy atom. The number of methoxy groups -OCH3 is 3. The third-order valence-electron chi connectivity index (χ3n) is 5.86. The molecule has 3 rings (SSSR count). The van der Waals surface area contributed by atoms with Gasteiger partial charge in [-0.1, -0.05) is 48.0 Å². The van der Waals surface area contributed by atoms with Crippen molar-refractivity contribution in [2.75, 3.05) is 34.4 Å². The second-order valence-corrected chi connectivity index (χ2v) is 10.6. The maximum absolute atomic E-state index is 13.6. The average molecular weight is 547 g/mol. The van der Waals surface area contributed by atoms with Crippen LogP contribution in [0.3, 0.4) is 0 Å². The van der Waals surface area contributed by atoms with Crippen LogP contribution in [0, 0.1) is 0 Å². The van der Waals surface area contributed by atoms with Crippen molar-refractivity contribution in [3.05, 3.63) is 82.9 Å². The van der Waals surface area contributed by atoms with Crippen LogP contribution in [0.1, 0.15) is 24.1 Å². The number of rotatable bonds is 12. The lowest BCUT2D eigenvalue weighted by atomic mass is 10.1. The first kappa shape index (κ1) is 28.3. The van der Waals surface area contributed by atoms with E-state index in [4.69, 9.17) is 25.8 Å². The summed E-state index contributed by atoms with van der Waals surface area (Å²) in [5.41, 5.74) is 1.74. The van der Waals surface area contributed by atoms with E-state index in [2.05, 4.69) is 5.32 Å². The molecule has 0 bridgehead atoms. The van der Waals surface area contributed by atoms with Crippen molar-refractivity contribution in [3.63, 3.8) is 0 Å². The minimum Gasteiger partial charge on any atom is -0.495 e. The number of halogens is 1. The summed E-state index contributed by atoms with van der Waals surface area (Å²) in [6.07, 6.45) is 0.433. The fourth-order valence-corrected chi connectivity index (χ4v) is 5.54. The molecule has 198 valence electrons. The smallest absolute Gasteiger partial charge is 0.243 e. The molecule has 8 nitrogen and oxygen atoms in total. The molecule has 0 saturated heterocycles. The predicted molar refractivity (Wildman–Crippen MR) is 143 cm³/mol. The fraction of sp³-hybridized carbons (Fsp3) is 0.296. The Hall–Kier alpha value is -3.27. The van der Waals surface area contributed by atoms with E-state index < -0.39 is 22.0 Å². The molecule has 37 heavy (non-hydrogen) atoms. The number of nitrogens with one attached hydrogen (secondary N) is 1. The van der Waals surface area contributed by atoms with Gasteiger partial charge in [-0.05, 0) is 54.8 Å². The summed E-state index contributed by atoms with van der Waals surface area (Å²) >= 11 is 6.20. The van der Waals surface area contributed by atoms with Crippen LogP contribution in [0.2, 0.25) is 5.02 Å². The Balaban J connectivity index is 1.82. The van der Waals surface area contributed by atoms with Gasteiger partial charge in [0.25, 0.3) is 0 Å². The highest BCUT2D eigenvalue weighted by Gasteiger charge is 2.28. The Labute approximate surface area is 223 Å². The van der Waals surface area contributed by atoms with Gasteiger partial charge in [0.2, 0.25) is 15.9 Å². The molecule has 1 N–H and O–H groups in total. The summed E-state index contributed by atoms with van der Waals surface area (Å²) in [4.78, 5) is 13.0. The molecule has 0 radical (unpaired) electrons. The van der Waals surface area contributed by atoms with Crippen LogP contribution in [0.5, 0.6) is 17.2 Å². The van der Waals surface area contributed by atoms with Crippen LogP contribution >= 0.6 is 11.6 Å². The van der Waals surface area contributed by atoms with Crippen molar-refractivity contribution in [2.45, 2.75) is 24.3 Å². The maximum atomic E-state index is 13.6. The lowest BCUT2D eigenvalue weighted by Crippen LogP contribution is -2.42. The summed E-state index contributed by atoms with van der Waals surface area (Å²) < 4.78 is 44.0. The Morgan fingerprint density at radius 3 is 2.19 bits per heavy atom. The molecule has 3 aromatic rings. The molecule has 0 saturated carbocycles. The highest BCUT2D eigenvalue weighted by Crippen LogP contribution is 2.30. The summed E-state index contributed by atoms with van der Waals surface area (Å²) in [5.74, 6) is 1.02. The first-order valence-electron chi connectivity index (χ1n) is 11.6. The van der Waals surface area contributed by atoms with Crippen molar-refractivity contribution < 1.29 is 27.4 Å². The molecule has 0 spiro atoms. The van der Waals surface area contributed by atoms with E-state index in [0.29, 0.717) is 23.7 Å². The zero-order valence-corrected chi connectivity index (χ0v) is 22.8. The molecule has 10 heteroatoms. The number of carbonyl (C=O) groups excluding carboxylic acids is 1. The lowest BCUT2D eigenvalue weighted by molar-refractivity contribution is -0.121. The van der Waals surface area contributed by atoms with Gasteiger partial charge in [-0.15, -0.1) is 0 Å². The molecule has 0 heterocycles. The molecule has 0 aliphatic heterocycles. The third kappa shape index (κ3) is 7.15. The number of amides is 1. The number of hydrogen-bond acceptors (Lipinski definition) is 6. The molecule has 0 aromatic heterocycles. The fourth-order valence-electron chi connectivity index (χ4n) is 3.79. The van der Waals surface area contributed by atoms with Gasteiger partial charge in [0.1, 0.15) is 5.75 Å². The van der Waals surface area contributed by atoms with Crippen molar-refractivity contribution >= 4 is 27.5 Å². The SMILES string of the molecule is COc1ccc(S(=O)(=O)N(CCc2ccccc2)CC(=O)N[C@H](C)c2ccc(OC)c(OC)c2)cc1Cl. The van der Waals surface area contributed by atoms with E-state index in [0.717, 1.165) is 15.4 Å². The third-order valence-corrected chi connectivity index (χ3v) is 8.00. The molecule has 0 aliphatic carbocycles. The molecule has 1 amide bonds. The second kappa shape index (κ2) is 12.8. The van der Waals surface area contributed by atoms with E-state index in [-0.39, 0.29) is 23.0 Å². The van der Waals surface area contributed by atoms with E-state index in [1.54, 1.807) is 19.2 Å². The lowest BCUT2D eigenvalue weighted by Gasteiger charge is -2.24. The first-order chi connectivity index (χ1) is 17.7. The van der Waals surface area contributed by atoms with Crippen LogP contribution in [-0.2, 0) is 21.2 Å². The van der Waals surface area contributed by atoms with Gasteiger partial charge in [0.15, 0.2) is 11.5 Å². The van der Waals surface area contributed by atoms with Crippen LogP contribution < -0.4 is 19.5 Å². The number of benzene rings is 3. The second-order valence-electron chi connectivity index (χ2n) is 8.27. The average Bonchev–Trinajstić information content (AvgIpc) is 2.90. The van der Waals surface area contributed by atoms with E-state index in [1.165, 1.54) is 32.4 Å². The zero-order valence-electron chi connectivity index (χ0n) is 21.2. The number of nitrogens with zero attached hydrogens (tertiary/aromatic N) is 1. The molecule has 3 aromatic carbocycles. The van der Waals surface area contributed by atoms with Crippen LogP contribution in [0.4, 0.5) is 0 Å². The summed E-state index contributed by atoms with van der Waals surface area (Å²) in [7, 11) is 0.490. The number of carbonyl (C=O) groups is 1. The molecule has 0 unspecified atom stereocenters. The van der Waals surface area contributed by atoms with Gasteiger partial charge in [0, 0.05) is 6.54 Å². The van der Waals surface area contributed by atoms with Crippen molar-refractivity contribution in [1.29, 1.82) is 0 Å². The van der Waals surface area contributed by atoms with E-state index in [9.17, 15) is 13.2 Å². The van der Waals surface area contributed by atoms with Crippen molar-refractivity contribution in [1.82, 2.24) is 9.62 Å². The first-order valence-corrected chi connectivity index (χ1v) is 13.4. The largest absolute Gasteiger partial charge is 0.495 e. The minimum atomic E-state index is -4.04. The van der Waals surface area contributed by atoms with Gasteiger partial charge in [-0.2, -0.15) is 4.31 Å². The zero-order chi connectivity index (χ0) is 27.0. The molecular formula is C27H31ClN2O6S. The molecule has 1 atom stereocenters. The summed E-state index contributed by atoms with van der Waals surface area (Å²) in [6.45, 7) is 1.55. The maximum Gasteiger partial charge on any atom is 0.243 e. The standard InChI is InChI=1S/C27H31ClN2O6S/c1-19(21-10-12-25(35-3)26(16-21)36-4)29-27(31)18-30(15-14-20-8-6-5-7-9-20)37(32,33)22-11-13-24(34-2)23(28)17-22/h5-13,16-17,19H,14-15,18H2,1-4H3,(H,29,31)/t19-/m1/s1.